The highest BCUT2D eigenvalue weighted by Crippen LogP contribution is 2.28. The third kappa shape index (κ3) is 2.38. The average molecular weight is 279 g/mol. The van der Waals surface area contributed by atoms with E-state index in [1.807, 2.05) is 16.7 Å². The van der Waals surface area contributed by atoms with Crippen LogP contribution in [0, 0.1) is 5.92 Å². The van der Waals surface area contributed by atoms with Gasteiger partial charge in [-0.3, -0.25) is 4.79 Å². The summed E-state index contributed by atoms with van der Waals surface area (Å²) in [6.45, 7) is 1.15. The van der Waals surface area contributed by atoms with Crippen LogP contribution >= 0.6 is 11.6 Å². The number of benzene rings is 1. The van der Waals surface area contributed by atoms with Crippen molar-refractivity contribution in [3.8, 4) is 0 Å². The van der Waals surface area contributed by atoms with Gasteiger partial charge in [-0.05, 0) is 25.0 Å². The molecule has 2 aromatic rings. The maximum absolute atomic E-state index is 11.5. The number of hydrogen-bond donors (Lipinski definition) is 2. The Morgan fingerprint density at radius 3 is 3.05 bits per heavy atom. The summed E-state index contributed by atoms with van der Waals surface area (Å²) in [5, 5.41) is 3.50. The van der Waals surface area contributed by atoms with Crippen molar-refractivity contribution in [1.29, 1.82) is 0 Å². The van der Waals surface area contributed by atoms with Crippen LogP contribution in [0.15, 0.2) is 18.2 Å². The predicted octanol–water partition coefficient (Wildman–Crippen LogP) is 1.80. The highest BCUT2D eigenvalue weighted by molar-refractivity contribution is 6.35. The number of carbonyl (C=O) groups is 1. The molecule has 1 amide bonds. The zero-order valence-electron chi connectivity index (χ0n) is 10.4. The normalized spacial score (nSPS) is 14.8. The summed E-state index contributed by atoms with van der Waals surface area (Å²) in [4.78, 5) is 15.8. The van der Waals surface area contributed by atoms with Crippen molar-refractivity contribution >= 4 is 34.5 Å². The van der Waals surface area contributed by atoms with E-state index in [-0.39, 0.29) is 11.8 Å². The van der Waals surface area contributed by atoms with Crippen LogP contribution in [-0.2, 0) is 11.3 Å². The smallest absolute Gasteiger partial charge is 0.223 e. The molecule has 1 aromatic carbocycles. The number of halogens is 1. The Kier molecular flexibility index (Phi) is 3.06. The maximum atomic E-state index is 11.5. The Balaban J connectivity index is 1.74. The second kappa shape index (κ2) is 4.74. The number of anilines is 1. The quantitative estimate of drug-likeness (QED) is 0.896. The number of rotatable bonds is 4. The van der Waals surface area contributed by atoms with Crippen molar-refractivity contribution in [2.45, 2.75) is 19.4 Å². The largest absolute Gasteiger partial charge is 0.369 e. The first kappa shape index (κ1) is 12.3. The summed E-state index contributed by atoms with van der Waals surface area (Å²) in [6.07, 6.45) is 2.02. The first-order valence-corrected chi connectivity index (χ1v) is 6.72. The number of para-hydroxylation sites is 1. The molecule has 19 heavy (non-hydrogen) atoms. The molecule has 6 heteroatoms. The Hall–Kier alpha value is -1.75. The van der Waals surface area contributed by atoms with E-state index < -0.39 is 0 Å². The van der Waals surface area contributed by atoms with Crippen molar-refractivity contribution in [3.05, 3.63) is 23.2 Å². The minimum absolute atomic E-state index is 0.140. The molecule has 1 aliphatic carbocycles. The van der Waals surface area contributed by atoms with E-state index in [1.54, 1.807) is 6.07 Å². The summed E-state index contributed by atoms with van der Waals surface area (Å²) < 4.78 is 1.87. The molecule has 0 saturated heterocycles. The first-order valence-electron chi connectivity index (χ1n) is 6.35. The zero-order chi connectivity index (χ0) is 13.4. The number of nitrogens with zero attached hydrogens (tertiary/aromatic N) is 2. The van der Waals surface area contributed by atoms with Crippen LogP contribution in [0.4, 0.5) is 5.95 Å². The molecule has 0 radical (unpaired) electrons. The van der Waals surface area contributed by atoms with Gasteiger partial charge in [0.2, 0.25) is 11.9 Å². The second-order valence-corrected chi connectivity index (χ2v) is 5.20. The van der Waals surface area contributed by atoms with Crippen LogP contribution in [-0.4, -0.2) is 22.0 Å². The predicted molar refractivity (Wildman–Crippen MR) is 74.9 cm³/mol. The Labute approximate surface area is 115 Å². The van der Waals surface area contributed by atoms with Crippen molar-refractivity contribution in [2.75, 3.05) is 12.3 Å². The number of nitrogen functional groups attached to an aromatic ring is 1. The number of carbonyl (C=O) groups excluding carboxylic acids is 1. The molecule has 1 heterocycles. The zero-order valence-corrected chi connectivity index (χ0v) is 11.2. The van der Waals surface area contributed by atoms with E-state index in [4.69, 9.17) is 17.3 Å². The summed E-state index contributed by atoms with van der Waals surface area (Å²) in [7, 11) is 0. The Morgan fingerprint density at radius 1 is 1.53 bits per heavy atom. The van der Waals surface area contributed by atoms with Crippen LogP contribution in [0.3, 0.4) is 0 Å². The first-order chi connectivity index (χ1) is 9.16. The number of nitrogens with two attached hydrogens (primary N) is 1. The third-order valence-corrected chi connectivity index (χ3v) is 3.65. The van der Waals surface area contributed by atoms with Gasteiger partial charge in [0.1, 0.15) is 5.52 Å². The van der Waals surface area contributed by atoms with Gasteiger partial charge in [0, 0.05) is 19.0 Å². The second-order valence-electron chi connectivity index (χ2n) is 4.79. The molecule has 1 saturated carbocycles. The monoisotopic (exact) mass is 278 g/mol. The number of nitrogens with one attached hydrogen (secondary N) is 1. The molecule has 0 spiro atoms. The molecule has 0 bridgehead atoms. The molecule has 100 valence electrons. The van der Waals surface area contributed by atoms with E-state index in [0.717, 1.165) is 18.4 Å². The highest BCUT2D eigenvalue weighted by atomic mass is 35.5. The Morgan fingerprint density at radius 2 is 2.32 bits per heavy atom. The third-order valence-electron chi connectivity index (χ3n) is 3.34. The maximum Gasteiger partial charge on any atom is 0.223 e. The molecule has 1 aliphatic rings. The number of hydrogen-bond acceptors (Lipinski definition) is 3. The van der Waals surface area contributed by atoms with Gasteiger partial charge in [0.05, 0.1) is 10.5 Å². The van der Waals surface area contributed by atoms with E-state index in [1.165, 1.54) is 0 Å². The van der Waals surface area contributed by atoms with Gasteiger partial charge in [-0.2, -0.15) is 0 Å². The number of amides is 1. The molecule has 0 aliphatic heterocycles. The van der Waals surface area contributed by atoms with Gasteiger partial charge in [-0.25, -0.2) is 4.98 Å². The molecule has 0 atom stereocenters. The van der Waals surface area contributed by atoms with Gasteiger partial charge in [0.25, 0.3) is 0 Å². The number of imidazole rings is 1. The summed E-state index contributed by atoms with van der Waals surface area (Å²) >= 11 is 6.08. The van der Waals surface area contributed by atoms with E-state index in [9.17, 15) is 4.79 Å². The molecule has 1 fully saturated rings. The van der Waals surface area contributed by atoms with Crippen LogP contribution < -0.4 is 11.1 Å². The van der Waals surface area contributed by atoms with Crippen LogP contribution in [0.5, 0.6) is 0 Å². The highest BCUT2D eigenvalue weighted by Gasteiger charge is 2.29. The lowest BCUT2D eigenvalue weighted by molar-refractivity contribution is -0.122. The fraction of sp³-hybridized carbons (Fsp3) is 0.385. The average Bonchev–Trinajstić information content (AvgIpc) is 3.17. The van der Waals surface area contributed by atoms with Crippen LogP contribution in [0.25, 0.3) is 11.0 Å². The lowest BCUT2D eigenvalue weighted by atomic mass is 10.3. The molecule has 3 rings (SSSR count). The minimum Gasteiger partial charge on any atom is -0.369 e. The van der Waals surface area contributed by atoms with E-state index in [0.29, 0.717) is 29.6 Å². The lowest BCUT2D eigenvalue weighted by Crippen LogP contribution is -2.28. The minimum atomic E-state index is 0.140. The topological polar surface area (TPSA) is 72.9 Å². The summed E-state index contributed by atoms with van der Waals surface area (Å²) in [5.41, 5.74) is 7.49. The SMILES string of the molecule is Nc1nc2c(Cl)cccc2n1CCNC(=O)C1CC1. The van der Waals surface area contributed by atoms with Crippen molar-refractivity contribution in [2.24, 2.45) is 5.92 Å². The standard InChI is InChI=1S/C13H15ClN4O/c14-9-2-1-3-10-11(9)17-13(15)18(10)7-6-16-12(19)8-4-5-8/h1-3,8H,4-7H2,(H2,15,17)(H,16,19). The van der Waals surface area contributed by atoms with E-state index in [2.05, 4.69) is 10.3 Å². The van der Waals surface area contributed by atoms with Crippen molar-refractivity contribution in [3.63, 3.8) is 0 Å². The molecule has 5 nitrogen and oxygen atoms in total. The van der Waals surface area contributed by atoms with Gasteiger partial charge >= 0.3 is 0 Å². The fourth-order valence-corrected chi connectivity index (χ4v) is 2.36. The summed E-state index contributed by atoms with van der Waals surface area (Å²) in [6, 6.07) is 5.58. The molecular weight excluding hydrogens is 264 g/mol. The molecule has 0 unspecified atom stereocenters. The number of aromatic nitrogens is 2. The molecule has 1 aromatic heterocycles. The van der Waals surface area contributed by atoms with Gasteiger partial charge < -0.3 is 15.6 Å². The Bertz CT molecular complexity index is 633. The van der Waals surface area contributed by atoms with Crippen molar-refractivity contribution in [1.82, 2.24) is 14.9 Å². The van der Waals surface area contributed by atoms with Crippen molar-refractivity contribution < 1.29 is 4.79 Å². The van der Waals surface area contributed by atoms with Gasteiger partial charge in [0.15, 0.2) is 0 Å². The molecule has 3 N–H and O–H groups in total. The lowest BCUT2D eigenvalue weighted by Gasteiger charge is -2.07. The fourth-order valence-electron chi connectivity index (χ4n) is 2.15. The van der Waals surface area contributed by atoms with E-state index >= 15 is 0 Å². The number of fused-ring (bicyclic) bond motifs is 1. The van der Waals surface area contributed by atoms with Gasteiger partial charge in [-0.15, -0.1) is 0 Å². The van der Waals surface area contributed by atoms with Crippen LogP contribution in [0.1, 0.15) is 12.8 Å². The van der Waals surface area contributed by atoms with Crippen LogP contribution in [0.2, 0.25) is 5.02 Å². The summed E-state index contributed by atoms with van der Waals surface area (Å²) in [5.74, 6) is 0.788. The molecular formula is C13H15ClN4O. The van der Waals surface area contributed by atoms with Gasteiger partial charge in [-0.1, -0.05) is 17.7 Å².